The van der Waals surface area contributed by atoms with Crippen molar-refractivity contribution in [2.24, 2.45) is 0 Å². The number of aromatic nitrogens is 6. The van der Waals surface area contributed by atoms with Gasteiger partial charge in [0.05, 0.1) is 31.1 Å². The Morgan fingerprint density at radius 3 is 2.88 bits per heavy atom. The predicted octanol–water partition coefficient (Wildman–Crippen LogP) is -0.442. The van der Waals surface area contributed by atoms with Crippen molar-refractivity contribution in [2.75, 3.05) is 6.61 Å². The van der Waals surface area contributed by atoms with E-state index in [1.807, 2.05) is 0 Å². The van der Waals surface area contributed by atoms with E-state index in [1.165, 1.54) is 23.4 Å². The smallest absolute Gasteiger partial charge is 0.311 e. The summed E-state index contributed by atoms with van der Waals surface area (Å²) in [6.45, 7) is 2.11. The first-order valence-electron chi connectivity index (χ1n) is 4.99. The second kappa shape index (κ2) is 5.10. The third-order valence-electron chi connectivity index (χ3n) is 1.91. The van der Waals surface area contributed by atoms with Crippen molar-refractivity contribution >= 4 is 5.97 Å². The lowest BCUT2D eigenvalue weighted by Crippen LogP contribution is -2.09. The first-order valence-corrected chi connectivity index (χ1v) is 4.99. The van der Waals surface area contributed by atoms with Gasteiger partial charge < -0.3 is 4.74 Å². The zero-order chi connectivity index (χ0) is 12.1. The van der Waals surface area contributed by atoms with Crippen LogP contribution in [0.5, 0.6) is 0 Å². The summed E-state index contributed by atoms with van der Waals surface area (Å²) in [6.07, 6.45) is 4.50. The van der Waals surface area contributed by atoms with Crippen LogP contribution >= 0.6 is 0 Å². The van der Waals surface area contributed by atoms with Gasteiger partial charge in [0.1, 0.15) is 6.33 Å². The van der Waals surface area contributed by atoms with E-state index in [4.69, 9.17) is 4.74 Å². The third kappa shape index (κ3) is 2.80. The van der Waals surface area contributed by atoms with E-state index in [2.05, 4.69) is 25.5 Å². The SMILES string of the molecule is CCOC(=O)Cc1cnc(-n2cnnn2)cn1. The van der Waals surface area contributed by atoms with Gasteiger partial charge in [-0.1, -0.05) is 0 Å². The van der Waals surface area contributed by atoms with Crippen LogP contribution in [0.4, 0.5) is 0 Å². The fraction of sp³-hybridized carbons (Fsp3) is 0.333. The number of hydrogen-bond donors (Lipinski definition) is 0. The monoisotopic (exact) mass is 234 g/mol. The quantitative estimate of drug-likeness (QED) is 0.661. The highest BCUT2D eigenvalue weighted by molar-refractivity contribution is 5.71. The first kappa shape index (κ1) is 11.1. The van der Waals surface area contributed by atoms with E-state index >= 15 is 0 Å². The molecule has 0 bridgehead atoms. The lowest BCUT2D eigenvalue weighted by molar-refractivity contribution is -0.142. The van der Waals surface area contributed by atoms with Gasteiger partial charge in [0.15, 0.2) is 5.82 Å². The normalized spacial score (nSPS) is 10.2. The highest BCUT2D eigenvalue weighted by Gasteiger charge is 2.06. The third-order valence-corrected chi connectivity index (χ3v) is 1.91. The van der Waals surface area contributed by atoms with Crippen molar-refractivity contribution in [1.82, 2.24) is 30.2 Å². The minimum Gasteiger partial charge on any atom is -0.466 e. The molecule has 0 saturated carbocycles. The molecule has 0 amide bonds. The summed E-state index contributed by atoms with van der Waals surface area (Å²) in [5, 5.41) is 10.6. The summed E-state index contributed by atoms with van der Waals surface area (Å²) >= 11 is 0. The van der Waals surface area contributed by atoms with E-state index in [9.17, 15) is 4.79 Å². The Kier molecular flexibility index (Phi) is 3.34. The molecule has 0 atom stereocenters. The molecule has 0 aromatic carbocycles. The van der Waals surface area contributed by atoms with Crippen LogP contribution in [0.25, 0.3) is 5.82 Å². The Balaban J connectivity index is 2.06. The van der Waals surface area contributed by atoms with Crippen molar-refractivity contribution in [3.8, 4) is 5.82 Å². The molecule has 8 nitrogen and oxygen atoms in total. The van der Waals surface area contributed by atoms with Crippen molar-refractivity contribution < 1.29 is 9.53 Å². The average Bonchev–Trinajstić information content (AvgIpc) is 2.84. The molecule has 0 fully saturated rings. The molecule has 2 aromatic rings. The summed E-state index contributed by atoms with van der Waals surface area (Å²) < 4.78 is 6.18. The fourth-order valence-electron chi connectivity index (χ4n) is 1.18. The fourth-order valence-corrected chi connectivity index (χ4v) is 1.18. The van der Waals surface area contributed by atoms with E-state index in [0.29, 0.717) is 18.1 Å². The van der Waals surface area contributed by atoms with Crippen LogP contribution in [0.3, 0.4) is 0 Å². The molecule has 2 rings (SSSR count). The summed E-state index contributed by atoms with van der Waals surface area (Å²) in [5.41, 5.74) is 0.542. The molecular formula is C9H10N6O2. The van der Waals surface area contributed by atoms with Crippen LogP contribution in [-0.4, -0.2) is 42.8 Å². The lowest BCUT2D eigenvalue weighted by Gasteiger charge is -2.02. The van der Waals surface area contributed by atoms with Crippen LogP contribution in [0.2, 0.25) is 0 Å². The second-order valence-electron chi connectivity index (χ2n) is 3.10. The molecule has 88 valence electrons. The van der Waals surface area contributed by atoms with Crippen molar-refractivity contribution in [3.05, 3.63) is 24.4 Å². The number of rotatable bonds is 4. The molecule has 0 aliphatic carbocycles. The van der Waals surface area contributed by atoms with Gasteiger partial charge in [0, 0.05) is 0 Å². The summed E-state index contributed by atoms with van der Waals surface area (Å²) in [5.74, 6) is 0.166. The molecule has 2 heterocycles. The van der Waals surface area contributed by atoms with Gasteiger partial charge in [-0.2, -0.15) is 4.68 Å². The van der Waals surface area contributed by atoms with Gasteiger partial charge >= 0.3 is 5.97 Å². The Bertz CT molecular complexity index is 481. The molecule has 2 aromatic heterocycles. The molecule has 0 radical (unpaired) electrons. The van der Waals surface area contributed by atoms with Gasteiger partial charge in [0.25, 0.3) is 0 Å². The number of tetrazole rings is 1. The Morgan fingerprint density at radius 2 is 2.29 bits per heavy atom. The number of carbonyl (C=O) groups excluding carboxylic acids is 1. The van der Waals surface area contributed by atoms with Crippen molar-refractivity contribution in [1.29, 1.82) is 0 Å². The average molecular weight is 234 g/mol. The number of hydrogen-bond acceptors (Lipinski definition) is 7. The van der Waals surface area contributed by atoms with E-state index < -0.39 is 0 Å². The van der Waals surface area contributed by atoms with E-state index in [0.717, 1.165) is 0 Å². The molecular weight excluding hydrogens is 224 g/mol. The zero-order valence-corrected chi connectivity index (χ0v) is 9.15. The number of nitrogens with zero attached hydrogens (tertiary/aromatic N) is 6. The highest BCUT2D eigenvalue weighted by Crippen LogP contribution is 2.01. The molecule has 8 heteroatoms. The summed E-state index contributed by atoms with van der Waals surface area (Å²) in [4.78, 5) is 19.4. The molecule has 0 saturated heterocycles. The Labute approximate surface area is 96.6 Å². The first-order chi connectivity index (χ1) is 8.29. The molecule has 0 N–H and O–H groups in total. The molecule has 0 aliphatic rings. The van der Waals surface area contributed by atoms with Crippen LogP contribution in [0, 0.1) is 0 Å². The van der Waals surface area contributed by atoms with Gasteiger partial charge in [-0.05, 0) is 17.4 Å². The van der Waals surface area contributed by atoms with Gasteiger partial charge in [0.2, 0.25) is 0 Å². The standard InChI is InChI=1S/C9H10N6O2/c1-2-17-9(16)3-7-4-11-8(5-10-7)15-6-12-13-14-15/h4-6H,2-3H2,1H3. The minimum atomic E-state index is -0.322. The maximum Gasteiger partial charge on any atom is 0.311 e. The summed E-state index contributed by atoms with van der Waals surface area (Å²) in [7, 11) is 0. The van der Waals surface area contributed by atoms with Crippen LogP contribution in [0.1, 0.15) is 12.6 Å². The van der Waals surface area contributed by atoms with Crippen LogP contribution < -0.4 is 0 Å². The van der Waals surface area contributed by atoms with E-state index in [-0.39, 0.29) is 12.4 Å². The number of ether oxygens (including phenoxy) is 1. The molecule has 0 spiro atoms. The number of esters is 1. The van der Waals surface area contributed by atoms with Crippen molar-refractivity contribution in [3.63, 3.8) is 0 Å². The minimum absolute atomic E-state index is 0.108. The number of carbonyl (C=O) groups is 1. The van der Waals surface area contributed by atoms with Gasteiger partial charge in [-0.3, -0.25) is 9.78 Å². The van der Waals surface area contributed by atoms with Crippen LogP contribution in [-0.2, 0) is 16.0 Å². The van der Waals surface area contributed by atoms with Gasteiger partial charge in [-0.25, -0.2) is 4.98 Å². The zero-order valence-electron chi connectivity index (χ0n) is 9.15. The highest BCUT2D eigenvalue weighted by atomic mass is 16.5. The van der Waals surface area contributed by atoms with Crippen molar-refractivity contribution in [2.45, 2.75) is 13.3 Å². The molecule has 17 heavy (non-hydrogen) atoms. The maximum absolute atomic E-state index is 11.2. The van der Waals surface area contributed by atoms with Gasteiger partial charge in [-0.15, -0.1) is 5.10 Å². The largest absolute Gasteiger partial charge is 0.466 e. The predicted molar refractivity (Wildman–Crippen MR) is 55.1 cm³/mol. The second-order valence-corrected chi connectivity index (χ2v) is 3.10. The topological polar surface area (TPSA) is 95.7 Å². The Hall–Kier alpha value is -2.38. The van der Waals surface area contributed by atoms with E-state index in [1.54, 1.807) is 6.92 Å². The maximum atomic E-state index is 11.2. The lowest BCUT2D eigenvalue weighted by atomic mass is 10.3. The molecule has 0 aliphatic heterocycles. The Morgan fingerprint density at radius 1 is 1.41 bits per heavy atom. The molecule has 0 unspecified atom stereocenters. The summed E-state index contributed by atoms with van der Waals surface area (Å²) in [6, 6.07) is 0. The van der Waals surface area contributed by atoms with Crippen LogP contribution in [0.15, 0.2) is 18.7 Å².